The molecule has 1 saturated heterocycles. The monoisotopic (exact) mass is 221 g/mol. The number of halogens is 2. The number of piperidine rings is 1. The van der Waals surface area contributed by atoms with Crippen molar-refractivity contribution in [2.45, 2.75) is 32.2 Å². The van der Waals surface area contributed by atoms with Gasteiger partial charge in [-0.2, -0.15) is 8.78 Å². The fraction of sp³-hybridized carbons (Fsp3) is 0.778. The van der Waals surface area contributed by atoms with Crippen LogP contribution in [0.1, 0.15) is 19.8 Å². The topological polar surface area (TPSA) is 57.6 Å². The smallest absolute Gasteiger partial charge is 0.315 e. The summed E-state index contributed by atoms with van der Waals surface area (Å²) in [6.45, 7) is 1.54. The van der Waals surface area contributed by atoms with Crippen molar-refractivity contribution in [3.05, 3.63) is 0 Å². The zero-order valence-electron chi connectivity index (χ0n) is 8.32. The van der Waals surface area contributed by atoms with E-state index >= 15 is 0 Å². The maximum absolute atomic E-state index is 12.2. The molecule has 0 bridgehead atoms. The van der Waals surface area contributed by atoms with Crippen molar-refractivity contribution >= 4 is 11.9 Å². The number of nitrogens with zero attached hydrogens (tertiary/aromatic N) is 1. The lowest BCUT2D eigenvalue weighted by atomic mass is 9.93. The average molecular weight is 221 g/mol. The van der Waals surface area contributed by atoms with E-state index in [1.807, 2.05) is 0 Å². The van der Waals surface area contributed by atoms with E-state index in [0.29, 0.717) is 12.8 Å². The quantitative estimate of drug-likeness (QED) is 0.755. The second-order valence-electron chi connectivity index (χ2n) is 3.75. The number of carboxylic acids is 1. The van der Waals surface area contributed by atoms with Gasteiger partial charge in [0.2, 0.25) is 0 Å². The number of aliphatic carboxylic acids is 1. The summed E-state index contributed by atoms with van der Waals surface area (Å²) in [6, 6.07) is -0.304. The summed E-state index contributed by atoms with van der Waals surface area (Å²) in [6.07, 6.45) is -2.17. The predicted octanol–water partition coefficient (Wildman–Crippen LogP) is 0.963. The van der Waals surface area contributed by atoms with E-state index in [-0.39, 0.29) is 12.6 Å². The molecule has 0 saturated carbocycles. The van der Waals surface area contributed by atoms with Crippen LogP contribution in [0, 0.1) is 5.92 Å². The molecule has 1 amide bonds. The van der Waals surface area contributed by atoms with Gasteiger partial charge in [0, 0.05) is 12.6 Å². The summed E-state index contributed by atoms with van der Waals surface area (Å²) in [5.74, 6) is -3.02. The number of carbonyl (C=O) groups is 2. The normalized spacial score (nSPS) is 26.8. The van der Waals surface area contributed by atoms with Crippen LogP contribution in [0.25, 0.3) is 0 Å². The second kappa shape index (κ2) is 4.55. The van der Waals surface area contributed by atoms with Gasteiger partial charge in [-0.1, -0.05) is 0 Å². The number of likely N-dealkylation sites (tertiary alicyclic amines) is 1. The van der Waals surface area contributed by atoms with Gasteiger partial charge in [0.25, 0.3) is 5.91 Å². The van der Waals surface area contributed by atoms with Crippen molar-refractivity contribution < 1.29 is 23.5 Å². The van der Waals surface area contributed by atoms with Gasteiger partial charge in [0.15, 0.2) is 0 Å². The number of carbonyl (C=O) groups excluding carboxylic acids is 1. The van der Waals surface area contributed by atoms with E-state index in [4.69, 9.17) is 5.11 Å². The molecule has 1 N–H and O–H groups in total. The van der Waals surface area contributed by atoms with Crippen molar-refractivity contribution in [3.63, 3.8) is 0 Å². The maximum Gasteiger partial charge on any atom is 0.315 e. The van der Waals surface area contributed by atoms with Crippen molar-refractivity contribution in [2.24, 2.45) is 5.92 Å². The first-order valence-electron chi connectivity index (χ1n) is 4.75. The summed E-state index contributed by atoms with van der Waals surface area (Å²) in [5.41, 5.74) is 0. The first kappa shape index (κ1) is 11.9. The number of rotatable bonds is 2. The van der Waals surface area contributed by atoms with Gasteiger partial charge in [-0.05, 0) is 19.8 Å². The van der Waals surface area contributed by atoms with Gasteiger partial charge in [0.1, 0.15) is 0 Å². The Hall–Kier alpha value is -1.20. The SMILES string of the molecule is CC1CCC(C(=O)O)CN1C(=O)C(F)F. The van der Waals surface area contributed by atoms with E-state index < -0.39 is 24.2 Å². The third-order valence-corrected chi connectivity index (χ3v) is 2.70. The highest BCUT2D eigenvalue weighted by molar-refractivity contribution is 5.80. The molecule has 6 heteroatoms. The highest BCUT2D eigenvalue weighted by atomic mass is 19.3. The molecule has 1 heterocycles. The zero-order chi connectivity index (χ0) is 11.6. The van der Waals surface area contributed by atoms with E-state index in [1.54, 1.807) is 6.92 Å². The summed E-state index contributed by atoms with van der Waals surface area (Å²) in [7, 11) is 0. The van der Waals surface area contributed by atoms with E-state index in [1.165, 1.54) is 0 Å². The Balaban J connectivity index is 2.69. The Kier molecular flexibility index (Phi) is 3.60. The average Bonchev–Trinajstić information content (AvgIpc) is 2.16. The number of carboxylic acid groups (broad SMARTS) is 1. The van der Waals surface area contributed by atoms with Gasteiger partial charge < -0.3 is 10.0 Å². The highest BCUT2D eigenvalue weighted by Gasteiger charge is 2.35. The fourth-order valence-corrected chi connectivity index (χ4v) is 1.74. The fourth-order valence-electron chi connectivity index (χ4n) is 1.74. The van der Waals surface area contributed by atoms with Crippen LogP contribution in [0.3, 0.4) is 0 Å². The zero-order valence-corrected chi connectivity index (χ0v) is 8.32. The number of hydrogen-bond acceptors (Lipinski definition) is 2. The third-order valence-electron chi connectivity index (χ3n) is 2.70. The van der Waals surface area contributed by atoms with Gasteiger partial charge in [-0.15, -0.1) is 0 Å². The standard InChI is InChI=1S/C9H13F2NO3/c1-5-2-3-6(9(14)15)4-12(5)8(13)7(10)11/h5-7H,2-4H2,1H3,(H,14,15). The molecule has 0 aromatic rings. The van der Waals surface area contributed by atoms with Crippen LogP contribution in [0.2, 0.25) is 0 Å². The lowest BCUT2D eigenvalue weighted by molar-refractivity contribution is -0.152. The summed E-state index contributed by atoms with van der Waals surface area (Å²) in [5, 5.41) is 8.74. The van der Waals surface area contributed by atoms with Crippen LogP contribution in [0.5, 0.6) is 0 Å². The molecule has 2 unspecified atom stereocenters. The first-order chi connectivity index (χ1) is 6.93. The van der Waals surface area contributed by atoms with E-state index in [2.05, 4.69) is 0 Å². The molecule has 86 valence electrons. The minimum Gasteiger partial charge on any atom is -0.481 e. The molecule has 1 aliphatic rings. The minimum absolute atomic E-state index is 0.111. The van der Waals surface area contributed by atoms with Gasteiger partial charge in [-0.3, -0.25) is 9.59 Å². The van der Waals surface area contributed by atoms with Crippen LogP contribution in [-0.4, -0.2) is 40.9 Å². The molecule has 0 radical (unpaired) electrons. The van der Waals surface area contributed by atoms with Crippen LogP contribution in [-0.2, 0) is 9.59 Å². The molecule has 0 aromatic heterocycles. The Morgan fingerprint density at radius 2 is 2.00 bits per heavy atom. The summed E-state index contributed by atoms with van der Waals surface area (Å²) in [4.78, 5) is 22.7. The van der Waals surface area contributed by atoms with Crippen molar-refractivity contribution in [1.29, 1.82) is 0 Å². The molecule has 0 aliphatic carbocycles. The van der Waals surface area contributed by atoms with Crippen LogP contribution >= 0.6 is 0 Å². The Morgan fingerprint density at radius 3 is 2.47 bits per heavy atom. The number of amides is 1. The van der Waals surface area contributed by atoms with Gasteiger partial charge in [0.05, 0.1) is 5.92 Å². The molecule has 1 fully saturated rings. The Bertz CT molecular complexity index is 270. The van der Waals surface area contributed by atoms with Gasteiger partial charge >= 0.3 is 12.4 Å². The first-order valence-corrected chi connectivity index (χ1v) is 4.75. The number of alkyl halides is 2. The molecular formula is C9H13F2NO3. The van der Waals surface area contributed by atoms with Gasteiger partial charge in [-0.25, -0.2) is 0 Å². The molecule has 2 atom stereocenters. The van der Waals surface area contributed by atoms with Crippen LogP contribution < -0.4 is 0 Å². The van der Waals surface area contributed by atoms with Crippen LogP contribution in [0.4, 0.5) is 8.78 Å². The third kappa shape index (κ3) is 2.64. The van der Waals surface area contributed by atoms with E-state index in [9.17, 15) is 18.4 Å². The molecule has 4 nitrogen and oxygen atoms in total. The largest absolute Gasteiger partial charge is 0.481 e. The maximum atomic E-state index is 12.2. The van der Waals surface area contributed by atoms with Crippen molar-refractivity contribution in [3.8, 4) is 0 Å². The number of hydrogen-bond donors (Lipinski definition) is 1. The molecule has 1 aliphatic heterocycles. The minimum atomic E-state index is -3.06. The predicted molar refractivity (Wildman–Crippen MR) is 47.5 cm³/mol. The molecule has 0 aromatic carbocycles. The Labute approximate surface area is 85.9 Å². The second-order valence-corrected chi connectivity index (χ2v) is 3.75. The lowest BCUT2D eigenvalue weighted by Crippen LogP contribution is -2.49. The Morgan fingerprint density at radius 1 is 1.40 bits per heavy atom. The lowest BCUT2D eigenvalue weighted by Gasteiger charge is -2.36. The summed E-state index contributed by atoms with van der Waals surface area (Å²) >= 11 is 0. The van der Waals surface area contributed by atoms with Crippen molar-refractivity contribution in [1.82, 2.24) is 4.90 Å². The highest BCUT2D eigenvalue weighted by Crippen LogP contribution is 2.23. The van der Waals surface area contributed by atoms with Crippen LogP contribution in [0.15, 0.2) is 0 Å². The molecule has 15 heavy (non-hydrogen) atoms. The van der Waals surface area contributed by atoms with E-state index in [0.717, 1.165) is 4.90 Å². The molecule has 1 rings (SSSR count). The van der Waals surface area contributed by atoms with Crippen molar-refractivity contribution in [2.75, 3.05) is 6.54 Å². The molecule has 0 spiro atoms. The molecular weight excluding hydrogens is 208 g/mol. The summed E-state index contributed by atoms with van der Waals surface area (Å²) < 4.78 is 24.4.